The van der Waals surface area contributed by atoms with Crippen LogP contribution in [-0.4, -0.2) is 5.78 Å². The Kier molecular flexibility index (Phi) is 1.73. The van der Waals surface area contributed by atoms with Crippen molar-refractivity contribution in [3.05, 3.63) is 12.2 Å². The molecule has 4 atom stereocenters. The molecule has 0 heterocycles. The van der Waals surface area contributed by atoms with Crippen molar-refractivity contribution in [3.63, 3.8) is 0 Å². The van der Waals surface area contributed by atoms with Crippen LogP contribution in [0.1, 0.15) is 47.0 Å². The molecule has 3 rings (SSSR count). The summed E-state index contributed by atoms with van der Waals surface area (Å²) in [4.78, 5) is 12.1. The maximum absolute atomic E-state index is 12.1. The molecule has 0 aliphatic heterocycles. The van der Waals surface area contributed by atoms with E-state index in [2.05, 4.69) is 39.8 Å². The molecule has 1 heteroatoms. The summed E-state index contributed by atoms with van der Waals surface area (Å²) in [6, 6.07) is 0. The number of carbonyl (C=O) groups excluding carboxylic acids is 1. The first-order valence-corrected chi connectivity index (χ1v) is 6.54. The molecular formula is C15H22O. The summed E-state index contributed by atoms with van der Waals surface area (Å²) < 4.78 is 0. The minimum absolute atomic E-state index is 0.188. The topological polar surface area (TPSA) is 17.1 Å². The molecule has 0 N–H and O–H groups in total. The lowest BCUT2D eigenvalue weighted by Gasteiger charge is -2.40. The lowest BCUT2D eigenvalue weighted by atomic mass is 9.62. The molecule has 2 saturated carbocycles. The molecule has 0 aromatic carbocycles. The van der Waals surface area contributed by atoms with E-state index in [4.69, 9.17) is 0 Å². The van der Waals surface area contributed by atoms with Gasteiger partial charge >= 0.3 is 0 Å². The number of hydrogen-bond donors (Lipinski definition) is 0. The normalized spacial score (nSPS) is 53.1. The standard InChI is InChI=1S/C15H22O/c1-10-11(16)8-12-13(2,3)9-14(4)6-5-7-15(10,12)14/h5,7,10,12H,6,8-9H2,1-4H3/t10-,12+,14+,15+/m0/s1. The van der Waals surface area contributed by atoms with Crippen molar-refractivity contribution < 1.29 is 4.79 Å². The monoisotopic (exact) mass is 218 g/mol. The van der Waals surface area contributed by atoms with Crippen molar-refractivity contribution in [1.82, 2.24) is 0 Å². The summed E-state index contributed by atoms with van der Waals surface area (Å²) in [5, 5.41) is 0. The Balaban J connectivity index is 2.20. The smallest absolute Gasteiger partial charge is 0.136 e. The average molecular weight is 218 g/mol. The summed E-state index contributed by atoms with van der Waals surface area (Å²) in [6.45, 7) is 9.30. The van der Waals surface area contributed by atoms with E-state index in [0.717, 1.165) is 6.42 Å². The van der Waals surface area contributed by atoms with Gasteiger partial charge in [0.25, 0.3) is 0 Å². The van der Waals surface area contributed by atoms with Crippen LogP contribution >= 0.6 is 0 Å². The van der Waals surface area contributed by atoms with Gasteiger partial charge in [-0.1, -0.05) is 39.8 Å². The Morgan fingerprint density at radius 1 is 1.31 bits per heavy atom. The summed E-state index contributed by atoms with van der Waals surface area (Å²) in [7, 11) is 0. The molecule has 0 bridgehead atoms. The van der Waals surface area contributed by atoms with E-state index in [1.807, 2.05) is 0 Å². The Bertz CT molecular complexity index is 392. The molecular weight excluding hydrogens is 196 g/mol. The first-order valence-electron chi connectivity index (χ1n) is 6.54. The van der Waals surface area contributed by atoms with Gasteiger partial charge in [-0.25, -0.2) is 0 Å². The number of carbonyl (C=O) groups is 1. The minimum Gasteiger partial charge on any atom is -0.299 e. The van der Waals surface area contributed by atoms with Crippen molar-refractivity contribution in [2.45, 2.75) is 47.0 Å². The third-order valence-electron chi connectivity index (χ3n) is 5.98. The van der Waals surface area contributed by atoms with Gasteiger partial charge in [0.1, 0.15) is 5.78 Å². The minimum atomic E-state index is 0.188. The van der Waals surface area contributed by atoms with Crippen molar-refractivity contribution >= 4 is 5.78 Å². The predicted molar refractivity (Wildman–Crippen MR) is 65.0 cm³/mol. The SMILES string of the molecule is C[C@H]1C(=O)C[C@@H]2C(C)(C)C[C@@]3(C)CC=C[C@]213. The molecule has 0 unspecified atom stereocenters. The Morgan fingerprint density at radius 3 is 2.69 bits per heavy atom. The third-order valence-corrected chi connectivity index (χ3v) is 5.98. The van der Waals surface area contributed by atoms with E-state index < -0.39 is 0 Å². The van der Waals surface area contributed by atoms with Gasteiger partial charge in [-0.2, -0.15) is 0 Å². The molecule has 3 aliphatic rings. The third kappa shape index (κ3) is 0.881. The highest BCUT2D eigenvalue weighted by atomic mass is 16.1. The van der Waals surface area contributed by atoms with E-state index in [0.29, 0.717) is 22.5 Å². The Hall–Kier alpha value is -0.590. The summed E-state index contributed by atoms with van der Waals surface area (Å²) in [6.07, 6.45) is 7.99. The van der Waals surface area contributed by atoms with Crippen LogP contribution in [-0.2, 0) is 4.79 Å². The molecule has 0 aromatic heterocycles. The summed E-state index contributed by atoms with van der Waals surface area (Å²) in [5.41, 5.74) is 0.861. The zero-order chi connectivity index (χ0) is 11.8. The van der Waals surface area contributed by atoms with E-state index >= 15 is 0 Å². The zero-order valence-corrected chi connectivity index (χ0v) is 10.8. The van der Waals surface area contributed by atoms with Crippen LogP contribution in [0.5, 0.6) is 0 Å². The molecule has 3 aliphatic carbocycles. The van der Waals surface area contributed by atoms with Crippen LogP contribution < -0.4 is 0 Å². The highest BCUT2D eigenvalue weighted by molar-refractivity contribution is 5.86. The van der Waals surface area contributed by atoms with Crippen LogP contribution in [0.2, 0.25) is 0 Å². The zero-order valence-electron chi connectivity index (χ0n) is 10.8. The van der Waals surface area contributed by atoms with Gasteiger partial charge in [0.2, 0.25) is 0 Å². The molecule has 16 heavy (non-hydrogen) atoms. The number of rotatable bonds is 0. The highest BCUT2D eigenvalue weighted by Gasteiger charge is 2.70. The van der Waals surface area contributed by atoms with Gasteiger partial charge in [-0.3, -0.25) is 4.79 Å². The van der Waals surface area contributed by atoms with Crippen LogP contribution in [0, 0.1) is 28.1 Å². The lowest BCUT2D eigenvalue weighted by Crippen LogP contribution is -2.37. The molecule has 88 valence electrons. The first kappa shape index (κ1) is 10.6. The average Bonchev–Trinajstić information content (AvgIpc) is 2.65. The number of Topliss-reactive ketones (excluding diaryl/α,β-unsaturated/α-hetero) is 1. The molecule has 0 radical (unpaired) electrons. The second-order valence-corrected chi connectivity index (χ2v) is 7.21. The predicted octanol–water partition coefficient (Wildman–Crippen LogP) is 3.59. The first-order chi connectivity index (χ1) is 7.33. The second kappa shape index (κ2) is 2.63. The summed E-state index contributed by atoms with van der Waals surface area (Å²) >= 11 is 0. The van der Waals surface area contributed by atoms with Gasteiger partial charge in [0.15, 0.2) is 0 Å². The van der Waals surface area contributed by atoms with Crippen molar-refractivity contribution in [1.29, 1.82) is 0 Å². The fourth-order valence-electron chi connectivity index (χ4n) is 5.49. The summed E-state index contributed by atoms with van der Waals surface area (Å²) in [5.74, 6) is 1.31. The van der Waals surface area contributed by atoms with E-state index in [9.17, 15) is 4.79 Å². The largest absolute Gasteiger partial charge is 0.299 e. The molecule has 0 saturated heterocycles. The molecule has 2 fully saturated rings. The van der Waals surface area contributed by atoms with Crippen LogP contribution in [0.3, 0.4) is 0 Å². The maximum Gasteiger partial charge on any atom is 0.136 e. The van der Waals surface area contributed by atoms with Crippen LogP contribution in [0.15, 0.2) is 12.2 Å². The van der Waals surface area contributed by atoms with Gasteiger partial charge in [0.05, 0.1) is 0 Å². The van der Waals surface area contributed by atoms with Crippen molar-refractivity contribution in [3.8, 4) is 0 Å². The van der Waals surface area contributed by atoms with Crippen molar-refractivity contribution in [2.24, 2.45) is 28.1 Å². The number of hydrogen-bond acceptors (Lipinski definition) is 1. The maximum atomic E-state index is 12.1. The van der Waals surface area contributed by atoms with Crippen LogP contribution in [0.25, 0.3) is 0 Å². The molecule has 0 aromatic rings. The van der Waals surface area contributed by atoms with Crippen molar-refractivity contribution in [2.75, 3.05) is 0 Å². The lowest BCUT2D eigenvalue weighted by molar-refractivity contribution is -0.122. The quantitative estimate of drug-likeness (QED) is 0.568. The number of allylic oxidation sites excluding steroid dienone is 2. The van der Waals surface area contributed by atoms with E-state index in [1.165, 1.54) is 12.8 Å². The van der Waals surface area contributed by atoms with E-state index in [1.54, 1.807) is 0 Å². The van der Waals surface area contributed by atoms with Crippen LogP contribution in [0.4, 0.5) is 0 Å². The fourth-order valence-corrected chi connectivity index (χ4v) is 5.49. The highest BCUT2D eigenvalue weighted by Crippen LogP contribution is 2.74. The Labute approximate surface area is 98.3 Å². The molecule has 1 spiro atoms. The second-order valence-electron chi connectivity index (χ2n) is 7.21. The van der Waals surface area contributed by atoms with Gasteiger partial charge in [-0.05, 0) is 29.6 Å². The molecule has 1 nitrogen and oxygen atoms in total. The number of ketones is 1. The fraction of sp³-hybridized carbons (Fsp3) is 0.800. The molecule has 0 amide bonds. The van der Waals surface area contributed by atoms with E-state index in [-0.39, 0.29) is 11.3 Å². The van der Waals surface area contributed by atoms with Gasteiger partial charge in [0, 0.05) is 17.8 Å². The van der Waals surface area contributed by atoms with Gasteiger partial charge in [-0.15, -0.1) is 0 Å². The van der Waals surface area contributed by atoms with Gasteiger partial charge < -0.3 is 0 Å². The Morgan fingerprint density at radius 2 is 2.00 bits per heavy atom.